The summed E-state index contributed by atoms with van der Waals surface area (Å²) in [5.41, 5.74) is 0. The van der Waals surface area contributed by atoms with Crippen molar-refractivity contribution in [1.29, 1.82) is 0 Å². The molecule has 1 aliphatic carbocycles. The fourth-order valence-corrected chi connectivity index (χ4v) is 2.67. The highest BCUT2D eigenvalue weighted by atomic mass is 16.1. The van der Waals surface area contributed by atoms with Gasteiger partial charge in [-0.25, -0.2) is 0 Å². The van der Waals surface area contributed by atoms with E-state index in [1.165, 1.54) is 25.7 Å². The lowest BCUT2D eigenvalue weighted by atomic mass is 9.75. The van der Waals surface area contributed by atoms with E-state index >= 15 is 0 Å². The topological polar surface area (TPSA) is 29.1 Å². The largest absolute Gasteiger partial charge is 0.307 e. The molecule has 1 aliphatic rings. The summed E-state index contributed by atoms with van der Waals surface area (Å²) in [7, 11) is 0. The van der Waals surface area contributed by atoms with Crippen LogP contribution in [0.1, 0.15) is 59.3 Å². The van der Waals surface area contributed by atoms with Crippen LogP contribution in [-0.2, 0) is 4.79 Å². The highest BCUT2D eigenvalue weighted by molar-refractivity contribution is 5.83. The molecule has 2 nitrogen and oxygen atoms in total. The Bertz CT molecular complexity index is 215. The first-order valence-electron chi connectivity index (χ1n) is 6.95. The normalized spacial score (nSPS) is 27.7. The molecule has 0 aromatic carbocycles. The lowest BCUT2D eigenvalue weighted by molar-refractivity contribution is -0.124. The van der Waals surface area contributed by atoms with Gasteiger partial charge in [-0.15, -0.1) is 0 Å². The quantitative estimate of drug-likeness (QED) is 0.752. The smallest absolute Gasteiger partial charge is 0.149 e. The van der Waals surface area contributed by atoms with Gasteiger partial charge >= 0.3 is 0 Å². The number of carbonyl (C=O) groups excluding carboxylic acids is 1. The maximum Gasteiger partial charge on any atom is 0.149 e. The Morgan fingerprint density at radius 1 is 1.31 bits per heavy atom. The predicted molar refractivity (Wildman–Crippen MR) is 68.5 cm³/mol. The van der Waals surface area contributed by atoms with Gasteiger partial charge in [-0.05, 0) is 32.1 Å². The van der Waals surface area contributed by atoms with E-state index < -0.39 is 0 Å². The van der Waals surface area contributed by atoms with E-state index in [1.807, 2.05) is 0 Å². The molecule has 0 amide bonds. The standard InChI is InChI=1S/C14H27NO/c1-4-11(3)15-10-14(16)13-9-7-6-8-12(13)5-2/h11-13,15H,4-10H2,1-3H3. The monoisotopic (exact) mass is 225 g/mol. The highest BCUT2D eigenvalue weighted by Gasteiger charge is 2.28. The molecule has 2 heteroatoms. The average molecular weight is 225 g/mol. The first-order valence-corrected chi connectivity index (χ1v) is 6.95. The fourth-order valence-electron chi connectivity index (χ4n) is 2.67. The van der Waals surface area contributed by atoms with E-state index in [9.17, 15) is 4.79 Å². The summed E-state index contributed by atoms with van der Waals surface area (Å²) in [4.78, 5) is 12.1. The molecular weight excluding hydrogens is 198 g/mol. The fraction of sp³-hybridized carbons (Fsp3) is 0.929. The molecule has 3 atom stereocenters. The average Bonchev–Trinajstić information content (AvgIpc) is 2.35. The molecule has 0 saturated heterocycles. The van der Waals surface area contributed by atoms with E-state index in [2.05, 4.69) is 26.1 Å². The summed E-state index contributed by atoms with van der Waals surface area (Å²) in [5.74, 6) is 1.45. The summed E-state index contributed by atoms with van der Waals surface area (Å²) in [6.45, 7) is 7.09. The highest BCUT2D eigenvalue weighted by Crippen LogP contribution is 2.32. The first kappa shape index (κ1) is 13.7. The number of Topliss-reactive ketones (excluding diaryl/α,β-unsaturated/α-hetero) is 1. The van der Waals surface area contributed by atoms with Crippen LogP contribution < -0.4 is 5.32 Å². The molecule has 0 spiro atoms. The summed E-state index contributed by atoms with van der Waals surface area (Å²) in [6.07, 6.45) is 7.21. The summed E-state index contributed by atoms with van der Waals surface area (Å²) >= 11 is 0. The number of hydrogen-bond acceptors (Lipinski definition) is 2. The molecule has 0 radical (unpaired) electrons. The van der Waals surface area contributed by atoms with Gasteiger partial charge in [0.2, 0.25) is 0 Å². The van der Waals surface area contributed by atoms with Gasteiger partial charge in [0.25, 0.3) is 0 Å². The molecule has 94 valence electrons. The number of hydrogen-bond donors (Lipinski definition) is 1. The van der Waals surface area contributed by atoms with Crippen LogP contribution in [0.15, 0.2) is 0 Å². The van der Waals surface area contributed by atoms with Crippen molar-refractivity contribution >= 4 is 5.78 Å². The van der Waals surface area contributed by atoms with Gasteiger partial charge in [0, 0.05) is 12.0 Å². The minimum Gasteiger partial charge on any atom is -0.307 e. The number of carbonyl (C=O) groups is 1. The lowest BCUT2D eigenvalue weighted by Gasteiger charge is -2.30. The van der Waals surface area contributed by atoms with Crippen molar-refractivity contribution in [3.05, 3.63) is 0 Å². The SMILES string of the molecule is CCC(C)NCC(=O)C1CCCCC1CC. The van der Waals surface area contributed by atoms with E-state index in [0.717, 1.165) is 12.8 Å². The third kappa shape index (κ3) is 3.89. The molecule has 1 rings (SSSR count). The number of rotatable bonds is 6. The van der Waals surface area contributed by atoms with E-state index in [4.69, 9.17) is 0 Å². The minimum absolute atomic E-state index is 0.343. The second-order valence-corrected chi connectivity index (χ2v) is 5.22. The van der Waals surface area contributed by atoms with Crippen molar-refractivity contribution in [3.63, 3.8) is 0 Å². The van der Waals surface area contributed by atoms with Crippen LogP contribution in [0.3, 0.4) is 0 Å². The van der Waals surface area contributed by atoms with Crippen molar-refractivity contribution < 1.29 is 4.79 Å². The summed E-state index contributed by atoms with van der Waals surface area (Å²) < 4.78 is 0. The molecule has 1 fully saturated rings. The second-order valence-electron chi connectivity index (χ2n) is 5.22. The predicted octanol–water partition coefficient (Wildman–Crippen LogP) is 3.16. The van der Waals surface area contributed by atoms with E-state index in [0.29, 0.717) is 30.2 Å². The Morgan fingerprint density at radius 3 is 2.62 bits per heavy atom. The molecule has 0 aromatic heterocycles. The van der Waals surface area contributed by atoms with Crippen LogP contribution in [0, 0.1) is 11.8 Å². The summed E-state index contributed by atoms with van der Waals surface area (Å²) in [6, 6.07) is 0.465. The second kappa shape index (κ2) is 7.05. The maximum atomic E-state index is 12.1. The van der Waals surface area contributed by atoms with Crippen LogP contribution in [0.4, 0.5) is 0 Å². The van der Waals surface area contributed by atoms with Gasteiger partial charge in [-0.1, -0.05) is 33.1 Å². The maximum absolute atomic E-state index is 12.1. The van der Waals surface area contributed by atoms with Gasteiger partial charge in [0.15, 0.2) is 0 Å². The van der Waals surface area contributed by atoms with Crippen LogP contribution in [0.5, 0.6) is 0 Å². The molecule has 3 unspecified atom stereocenters. The zero-order valence-corrected chi connectivity index (χ0v) is 11.1. The third-order valence-electron chi connectivity index (χ3n) is 4.08. The van der Waals surface area contributed by atoms with Gasteiger partial charge in [-0.3, -0.25) is 4.79 Å². The van der Waals surface area contributed by atoms with Crippen LogP contribution in [0.25, 0.3) is 0 Å². The molecule has 0 bridgehead atoms. The van der Waals surface area contributed by atoms with Crippen molar-refractivity contribution in [3.8, 4) is 0 Å². The van der Waals surface area contributed by atoms with Gasteiger partial charge < -0.3 is 5.32 Å². The Kier molecular flexibility index (Phi) is 6.04. The number of ketones is 1. The van der Waals surface area contributed by atoms with Gasteiger partial charge in [0.1, 0.15) is 5.78 Å². The van der Waals surface area contributed by atoms with Gasteiger partial charge in [-0.2, -0.15) is 0 Å². The van der Waals surface area contributed by atoms with Crippen molar-refractivity contribution in [2.24, 2.45) is 11.8 Å². The van der Waals surface area contributed by atoms with E-state index in [1.54, 1.807) is 0 Å². The number of nitrogens with one attached hydrogen (secondary N) is 1. The molecule has 16 heavy (non-hydrogen) atoms. The van der Waals surface area contributed by atoms with E-state index in [-0.39, 0.29) is 0 Å². The minimum atomic E-state index is 0.343. The molecule has 0 aromatic rings. The Morgan fingerprint density at radius 2 is 2.00 bits per heavy atom. The third-order valence-corrected chi connectivity index (χ3v) is 4.08. The van der Waals surface area contributed by atoms with Crippen molar-refractivity contribution in [2.45, 2.75) is 65.3 Å². The van der Waals surface area contributed by atoms with Crippen LogP contribution >= 0.6 is 0 Å². The van der Waals surface area contributed by atoms with Crippen molar-refractivity contribution in [1.82, 2.24) is 5.32 Å². The molecule has 1 saturated carbocycles. The lowest BCUT2D eigenvalue weighted by Crippen LogP contribution is -2.37. The Hall–Kier alpha value is -0.370. The molecule has 0 heterocycles. The van der Waals surface area contributed by atoms with Crippen LogP contribution in [-0.4, -0.2) is 18.4 Å². The Balaban J connectivity index is 2.38. The zero-order chi connectivity index (χ0) is 12.0. The first-order chi connectivity index (χ1) is 7.69. The molecular formula is C14H27NO. The molecule has 1 N–H and O–H groups in total. The Labute approximate surface area is 100 Å². The zero-order valence-electron chi connectivity index (χ0n) is 11.1. The van der Waals surface area contributed by atoms with Gasteiger partial charge in [0.05, 0.1) is 6.54 Å². The molecule has 0 aliphatic heterocycles. The van der Waals surface area contributed by atoms with Crippen molar-refractivity contribution in [2.75, 3.05) is 6.54 Å². The van der Waals surface area contributed by atoms with Crippen LogP contribution in [0.2, 0.25) is 0 Å². The summed E-state index contributed by atoms with van der Waals surface area (Å²) in [5, 5.41) is 3.32.